The highest BCUT2D eigenvalue weighted by atomic mass is 19.1. The lowest BCUT2D eigenvalue weighted by molar-refractivity contribution is -0.176. The molecule has 4 N–H and O–H groups in total. The average molecular weight is 888 g/mol. The second-order valence-corrected chi connectivity index (χ2v) is 17.9. The largest absolute Gasteiger partial charge is 0.486 e. The van der Waals surface area contributed by atoms with Gasteiger partial charge in [-0.05, 0) is 127 Å². The van der Waals surface area contributed by atoms with Crippen LogP contribution < -0.4 is 25.2 Å². The fourth-order valence-corrected chi connectivity index (χ4v) is 9.68. The maximum Gasteiger partial charge on any atom is 0.246 e. The molecule has 0 aliphatic carbocycles. The number of carbonyl (C=O) groups is 2. The molecule has 0 bridgehead atoms. The number of fused-ring (bicyclic) bond motifs is 1. The lowest BCUT2D eigenvalue weighted by Crippen LogP contribution is -2.50. The number of ether oxygens (including phenoxy) is 1. The summed E-state index contributed by atoms with van der Waals surface area (Å²) in [5, 5.41) is 18.1. The SMILES string of the molecule is C=C1CCC(N(C)C=O)C(=O)N1.C=Cc1cc(N2CCC(CN3CCC(N4CCC(Nc5ncc(F)c(-c6cc(F)c7c(c6)N(C(C)C)CCO7)n5)CC4)CC3)CC2)ccc1C.OO. The van der Waals surface area contributed by atoms with Gasteiger partial charge in [-0.2, -0.15) is 0 Å². The number of rotatable bonds is 11. The third kappa shape index (κ3) is 11.9. The molecular weight excluding hydrogens is 821 g/mol. The summed E-state index contributed by atoms with van der Waals surface area (Å²) in [4.78, 5) is 41.8. The first-order valence-corrected chi connectivity index (χ1v) is 22.7. The van der Waals surface area contributed by atoms with Crippen LogP contribution in [0, 0.1) is 24.5 Å². The highest BCUT2D eigenvalue weighted by Gasteiger charge is 2.31. The molecule has 2 aromatic carbocycles. The molecule has 6 heterocycles. The van der Waals surface area contributed by atoms with Crippen molar-refractivity contribution in [2.24, 2.45) is 5.92 Å². The monoisotopic (exact) mass is 888 g/mol. The van der Waals surface area contributed by atoms with Crippen molar-refractivity contribution in [3.63, 3.8) is 0 Å². The minimum atomic E-state index is -0.570. The van der Waals surface area contributed by atoms with Gasteiger partial charge in [-0.25, -0.2) is 18.7 Å². The highest BCUT2D eigenvalue weighted by Crippen LogP contribution is 2.39. The van der Waals surface area contributed by atoms with Crippen molar-refractivity contribution in [1.29, 1.82) is 0 Å². The maximum atomic E-state index is 15.1. The van der Waals surface area contributed by atoms with E-state index >= 15 is 8.78 Å². The van der Waals surface area contributed by atoms with Gasteiger partial charge in [0.1, 0.15) is 18.3 Å². The van der Waals surface area contributed by atoms with E-state index in [0.717, 1.165) is 57.1 Å². The molecule has 0 radical (unpaired) electrons. The van der Waals surface area contributed by atoms with E-state index in [-0.39, 0.29) is 35.5 Å². The third-order valence-electron chi connectivity index (χ3n) is 13.4. The number of aromatic nitrogens is 2. The number of carbonyl (C=O) groups excluding carboxylic acids is 2. The normalized spacial score (nSPS) is 20.2. The van der Waals surface area contributed by atoms with Crippen LogP contribution in [0.1, 0.15) is 76.3 Å². The minimum absolute atomic E-state index is 0.0987. The molecule has 1 unspecified atom stereocenters. The number of piperidine rings is 4. The van der Waals surface area contributed by atoms with Gasteiger partial charge < -0.3 is 39.9 Å². The summed E-state index contributed by atoms with van der Waals surface area (Å²) < 4.78 is 35.8. The molecule has 14 nitrogen and oxygen atoms in total. The number of nitrogens with one attached hydrogen (secondary N) is 2. The van der Waals surface area contributed by atoms with Crippen LogP contribution >= 0.6 is 0 Å². The molecule has 16 heteroatoms. The molecule has 64 heavy (non-hydrogen) atoms. The maximum absolute atomic E-state index is 15.1. The molecule has 0 spiro atoms. The first kappa shape index (κ1) is 48.3. The standard InChI is InChI=1S/C40H53F2N7O.C8H12N2O2.H2O2/c1-5-30-22-34(7-6-28(30)4)48-16-8-29(9-17-48)26-46-14-12-33(13-15-46)47-18-10-32(11-19-47)44-40-43-25-36(42)38(45-40)31-23-35(41)39-37(24-31)49(27(2)3)20-21-50-39;1-6-3-4-7(8(12)9-6)10(2)5-11;1-2/h5-7,22-25,27,29,32-33H,1,8-21,26H2,2-4H3,(H,43,44,45);5,7H,1,3-4H2,2H3,(H,9,12);1-2H. The molecule has 348 valence electrons. The Bertz CT molecular complexity index is 2070. The number of halogens is 2. The zero-order valence-corrected chi connectivity index (χ0v) is 37.9. The average Bonchev–Trinajstić information content (AvgIpc) is 3.31. The van der Waals surface area contributed by atoms with Gasteiger partial charge in [0.05, 0.1) is 18.4 Å². The summed E-state index contributed by atoms with van der Waals surface area (Å²) in [7, 11) is 1.60. The quantitative estimate of drug-likeness (QED) is 0.0883. The van der Waals surface area contributed by atoms with Crippen LogP contribution in [-0.4, -0.2) is 138 Å². The fraction of sp³-hybridized carbons (Fsp3) is 0.542. The lowest BCUT2D eigenvalue weighted by atomic mass is 9.93. The van der Waals surface area contributed by atoms with E-state index in [9.17, 15) is 9.59 Å². The summed E-state index contributed by atoms with van der Waals surface area (Å²) in [6.07, 6.45) is 12.2. The number of hydrogen-bond acceptors (Lipinski definition) is 12. The number of nitrogens with zero attached hydrogens (tertiary/aromatic N) is 7. The molecule has 8 rings (SSSR count). The zero-order valence-electron chi connectivity index (χ0n) is 37.9. The van der Waals surface area contributed by atoms with Crippen molar-refractivity contribution in [1.82, 2.24) is 30.0 Å². The first-order valence-electron chi connectivity index (χ1n) is 22.7. The van der Waals surface area contributed by atoms with Crippen LogP contribution in [0.4, 0.5) is 26.1 Å². The van der Waals surface area contributed by atoms with E-state index in [4.69, 9.17) is 15.3 Å². The second kappa shape index (κ2) is 22.6. The highest BCUT2D eigenvalue weighted by molar-refractivity contribution is 5.86. The number of amides is 2. The van der Waals surface area contributed by atoms with Gasteiger partial charge in [0, 0.05) is 74.8 Å². The molecule has 4 fully saturated rings. The van der Waals surface area contributed by atoms with Crippen molar-refractivity contribution < 1.29 is 33.6 Å². The van der Waals surface area contributed by atoms with E-state index in [2.05, 4.69) is 92.3 Å². The van der Waals surface area contributed by atoms with Gasteiger partial charge in [0.25, 0.3) is 0 Å². The minimum Gasteiger partial charge on any atom is -0.486 e. The van der Waals surface area contributed by atoms with E-state index in [0.29, 0.717) is 49.2 Å². The van der Waals surface area contributed by atoms with Crippen LogP contribution in [0.5, 0.6) is 5.75 Å². The molecule has 1 aromatic heterocycles. The summed E-state index contributed by atoms with van der Waals surface area (Å²) in [5.41, 5.74) is 5.70. The van der Waals surface area contributed by atoms with Crippen molar-refractivity contribution in [3.05, 3.63) is 78.1 Å². The van der Waals surface area contributed by atoms with Crippen LogP contribution in [0.15, 0.2) is 55.4 Å². The van der Waals surface area contributed by atoms with Gasteiger partial charge in [0.2, 0.25) is 18.3 Å². The molecule has 5 aliphatic rings. The number of hydrogen-bond donors (Lipinski definition) is 4. The fourth-order valence-electron chi connectivity index (χ4n) is 9.68. The summed E-state index contributed by atoms with van der Waals surface area (Å²) in [6, 6.07) is 10.5. The molecule has 5 aliphatic heterocycles. The Labute approximate surface area is 376 Å². The number of likely N-dealkylation sites (tertiary alicyclic amines) is 2. The number of likely N-dealkylation sites (N-methyl/N-ethyl adjacent to an activating group) is 1. The second-order valence-electron chi connectivity index (χ2n) is 17.9. The molecule has 0 saturated carbocycles. The third-order valence-corrected chi connectivity index (χ3v) is 13.4. The van der Waals surface area contributed by atoms with Crippen molar-refractivity contribution in [2.75, 3.05) is 81.1 Å². The topological polar surface area (TPSA) is 150 Å². The molecule has 4 saturated heterocycles. The van der Waals surface area contributed by atoms with Crippen molar-refractivity contribution >= 4 is 35.7 Å². The number of anilines is 3. The molecular formula is C48H67F2N9O5. The summed E-state index contributed by atoms with van der Waals surface area (Å²) in [5.74, 6) is 0.166. The van der Waals surface area contributed by atoms with E-state index in [1.807, 2.05) is 6.08 Å². The van der Waals surface area contributed by atoms with Crippen molar-refractivity contribution in [3.8, 4) is 17.0 Å². The van der Waals surface area contributed by atoms with E-state index in [1.165, 1.54) is 79.3 Å². The Morgan fingerprint density at radius 2 is 1.70 bits per heavy atom. The van der Waals surface area contributed by atoms with Crippen molar-refractivity contribution in [2.45, 2.75) is 96.3 Å². The van der Waals surface area contributed by atoms with Crippen LogP contribution in [0.3, 0.4) is 0 Å². The summed E-state index contributed by atoms with van der Waals surface area (Å²) >= 11 is 0. The molecule has 1 atom stereocenters. The van der Waals surface area contributed by atoms with E-state index in [1.54, 1.807) is 13.1 Å². The number of allylic oxidation sites excluding steroid dienone is 1. The first-order chi connectivity index (χ1) is 30.9. The predicted molar refractivity (Wildman–Crippen MR) is 249 cm³/mol. The number of benzene rings is 2. The Morgan fingerprint density at radius 3 is 2.36 bits per heavy atom. The van der Waals surface area contributed by atoms with Gasteiger partial charge in [-0.15, -0.1) is 0 Å². The lowest BCUT2D eigenvalue weighted by Gasteiger charge is -2.43. The Morgan fingerprint density at radius 1 is 0.984 bits per heavy atom. The van der Waals surface area contributed by atoms with Gasteiger partial charge in [0.15, 0.2) is 17.4 Å². The predicted octanol–water partition coefficient (Wildman–Crippen LogP) is 7.12. The zero-order chi connectivity index (χ0) is 45.9. The van der Waals surface area contributed by atoms with Crippen LogP contribution in [-0.2, 0) is 9.59 Å². The Kier molecular flexibility index (Phi) is 17.1. The van der Waals surface area contributed by atoms with Gasteiger partial charge in [-0.1, -0.05) is 25.3 Å². The number of aryl methyl sites for hydroxylation is 1. The van der Waals surface area contributed by atoms with Crippen LogP contribution in [0.2, 0.25) is 0 Å². The van der Waals surface area contributed by atoms with Gasteiger partial charge >= 0.3 is 0 Å². The smallest absolute Gasteiger partial charge is 0.246 e. The van der Waals surface area contributed by atoms with Crippen LogP contribution in [0.25, 0.3) is 17.3 Å². The Hall–Kier alpha value is -5.16. The summed E-state index contributed by atoms with van der Waals surface area (Å²) in [6.45, 7) is 22.9. The molecule has 2 amide bonds. The Balaban J connectivity index is 0.000000419. The molecule has 3 aromatic rings. The van der Waals surface area contributed by atoms with Gasteiger partial charge in [-0.3, -0.25) is 20.1 Å². The van der Waals surface area contributed by atoms with E-state index < -0.39 is 11.6 Å².